The van der Waals surface area contributed by atoms with Crippen LogP contribution < -0.4 is 9.47 Å². The Morgan fingerprint density at radius 1 is 0.971 bits per heavy atom. The molecule has 34 heavy (non-hydrogen) atoms. The van der Waals surface area contributed by atoms with Gasteiger partial charge in [-0.3, -0.25) is 14.5 Å². The predicted octanol–water partition coefficient (Wildman–Crippen LogP) is 7.45. The summed E-state index contributed by atoms with van der Waals surface area (Å²) in [4.78, 5) is 26.9. The molecule has 0 aliphatic carbocycles. The zero-order valence-electron chi connectivity index (χ0n) is 17.7. The molecule has 1 fully saturated rings. The number of halogens is 3. The van der Waals surface area contributed by atoms with Gasteiger partial charge in [-0.1, -0.05) is 63.4 Å². The van der Waals surface area contributed by atoms with Crippen molar-refractivity contribution in [1.29, 1.82) is 0 Å². The summed E-state index contributed by atoms with van der Waals surface area (Å²) < 4.78 is 12.4. The van der Waals surface area contributed by atoms with E-state index in [2.05, 4.69) is 15.9 Å². The van der Waals surface area contributed by atoms with Crippen molar-refractivity contribution in [3.63, 3.8) is 0 Å². The van der Waals surface area contributed by atoms with Gasteiger partial charge in [0.15, 0.2) is 0 Å². The number of hydrogen-bond acceptors (Lipinski definition) is 5. The smallest absolute Gasteiger partial charge is 0.293 e. The van der Waals surface area contributed by atoms with E-state index in [1.807, 2.05) is 42.5 Å². The molecular weight excluding hydrogens is 561 g/mol. The number of benzene rings is 3. The molecule has 0 spiro atoms. The first-order valence-electron chi connectivity index (χ1n) is 10.2. The van der Waals surface area contributed by atoms with Crippen LogP contribution in [-0.4, -0.2) is 29.2 Å². The molecule has 5 nitrogen and oxygen atoms in total. The predicted molar refractivity (Wildman–Crippen MR) is 140 cm³/mol. The van der Waals surface area contributed by atoms with Crippen LogP contribution in [0.5, 0.6) is 11.5 Å². The Morgan fingerprint density at radius 2 is 1.76 bits per heavy atom. The summed E-state index contributed by atoms with van der Waals surface area (Å²) in [5.41, 5.74) is 1.43. The second-order valence-corrected chi connectivity index (χ2v) is 9.95. The summed E-state index contributed by atoms with van der Waals surface area (Å²) in [6, 6.07) is 19.9. The van der Waals surface area contributed by atoms with Gasteiger partial charge in [0.05, 0.1) is 11.4 Å². The average Bonchev–Trinajstić information content (AvgIpc) is 3.07. The monoisotopic (exact) mass is 577 g/mol. The fourth-order valence-electron chi connectivity index (χ4n) is 3.16. The molecule has 0 unspecified atom stereocenters. The van der Waals surface area contributed by atoms with Crippen molar-refractivity contribution in [1.82, 2.24) is 4.90 Å². The molecule has 1 aliphatic heterocycles. The summed E-state index contributed by atoms with van der Waals surface area (Å²) in [6.45, 7) is 0.590. The van der Waals surface area contributed by atoms with Gasteiger partial charge in [-0.25, -0.2) is 0 Å². The van der Waals surface area contributed by atoms with Gasteiger partial charge in [-0.15, -0.1) is 0 Å². The largest absolute Gasteiger partial charge is 0.492 e. The maximum atomic E-state index is 12.9. The zero-order chi connectivity index (χ0) is 24.1. The highest BCUT2D eigenvalue weighted by Crippen LogP contribution is 2.35. The maximum absolute atomic E-state index is 12.9. The normalized spacial score (nSPS) is 14.7. The van der Waals surface area contributed by atoms with Crippen LogP contribution in [0.2, 0.25) is 10.0 Å². The van der Waals surface area contributed by atoms with Gasteiger partial charge in [0.2, 0.25) is 0 Å². The second kappa shape index (κ2) is 11.3. The molecule has 174 valence electrons. The Kier molecular flexibility index (Phi) is 8.21. The van der Waals surface area contributed by atoms with Gasteiger partial charge >= 0.3 is 0 Å². The number of ether oxygens (including phenoxy) is 2. The second-order valence-electron chi connectivity index (χ2n) is 7.20. The molecule has 0 radical (unpaired) electrons. The number of carbonyl (C=O) groups excluding carboxylic acids is 2. The number of carbonyl (C=O) groups is 2. The average molecular weight is 579 g/mol. The molecule has 1 heterocycles. The Balaban J connectivity index is 1.46. The number of imide groups is 1. The van der Waals surface area contributed by atoms with Crippen LogP contribution in [0.1, 0.15) is 11.1 Å². The maximum Gasteiger partial charge on any atom is 0.293 e. The van der Waals surface area contributed by atoms with E-state index >= 15 is 0 Å². The number of rotatable bonds is 8. The van der Waals surface area contributed by atoms with Crippen LogP contribution in [0.15, 0.2) is 76.1 Å². The van der Waals surface area contributed by atoms with Gasteiger partial charge in [-0.2, -0.15) is 0 Å². The third-order valence-electron chi connectivity index (χ3n) is 4.86. The first kappa shape index (κ1) is 24.7. The first-order chi connectivity index (χ1) is 16.4. The highest BCUT2D eigenvalue weighted by molar-refractivity contribution is 9.10. The Morgan fingerprint density at radius 3 is 2.53 bits per heavy atom. The molecule has 1 saturated heterocycles. The van der Waals surface area contributed by atoms with E-state index in [4.69, 9.17) is 32.7 Å². The number of para-hydroxylation sites is 1. The number of nitrogens with zero attached hydrogens (tertiary/aromatic N) is 1. The third-order valence-corrected chi connectivity index (χ3v) is 6.84. The Labute approximate surface area is 219 Å². The standard InChI is InChI=1S/C25H18BrCl2NO4S/c26-18-7-9-22(33-15-16-6-8-19(27)14-21(16)28)17(12-18)13-23-24(30)29(25(31)34-23)10-11-32-20-4-2-1-3-5-20/h1-9,12-14H,10-11,15H2/b23-13-. The Hall–Kier alpha value is -2.45. The highest BCUT2D eigenvalue weighted by atomic mass is 79.9. The van der Waals surface area contributed by atoms with E-state index in [1.54, 1.807) is 30.3 Å². The minimum atomic E-state index is -0.363. The van der Waals surface area contributed by atoms with Crippen LogP contribution >= 0.6 is 50.9 Å². The number of thioether (sulfide) groups is 1. The van der Waals surface area contributed by atoms with Crippen LogP contribution in [0.25, 0.3) is 6.08 Å². The molecule has 0 atom stereocenters. The number of hydrogen-bond donors (Lipinski definition) is 0. The van der Waals surface area contributed by atoms with Crippen molar-refractivity contribution in [2.45, 2.75) is 6.61 Å². The van der Waals surface area contributed by atoms with Crippen molar-refractivity contribution < 1.29 is 19.1 Å². The third kappa shape index (κ3) is 6.16. The SMILES string of the molecule is O=C1S/C(=C\c2cc(Br)ccc2OCc2ccc(Cl)cc2Cl)C(=O)N1CCOc1ccccc1. The van der Waals surface area contributed by atoms with Gasteiger partial charge in [0.25, 0.3) is 11.1 Å². The summed E-state index contributed by atoms with van der Waals surface area (Å²) in [7, 11) is 0. The molecule has 0 bridgehead atoms. The molecule has 3 aromatic carbocycles. The van der Waals surface area contributed by atoms with Crippen molar-refractivity contribution >= 4 is 68.1 Å². The molecule has 3 aromatic rings. The van der Waals surface area contributed by atoms with Crippen LogP contribution in [0.4, 0.5) is 4.79 Å². The molecule has 4 rings (SSSR count). The molecule has 0 aromatic heterocycles. The van der Waals surface area contributed by atoms with Crippen LogP contribution in [-0.2, 0) is 11.4 Å². The summed E-state index contributed by atoms with van der Waals surface area (Å²) >= 11 is 16.5. The van der Waals surface area contributed by atoms with Crippen molar-refractivity contribution in [2.75, 3.05) is 13.2 Å². The summed E-state index contributed by atoms with van der Waals surface area (Å²) in [6.07, 6.45) is 1.66. The van der Waals surface area contributed by atoms with E-state index < -0.39 is 0 Å². The van der Waals surface area contributed by atoms with Gasteiger partial charge in [0.1, 0.15) is 24.7 Å². The lowest BCUT2D eigenvalue weighted by Crippen LogP contribution is -2.32. The summed E-state index contributed by atoms with van der Waals surface area (Å²) in [5, 5.41) is 0.714. The number of amides is 2. The fourth-order valence-corrected chi connectivity index (χ4v) is 4.86. The molecule has 9 heteroatoms. The Bertz CT molecular complexity index is 1250. The van der Waals surface area contributed by atoms with Crippen LogP contribution in [0.3, 0.4) is 0 Å². The van der Waals surface area contributed by atoms with Gasteiger partial charge in [-0.05, 0) is 60.3 Å². The highest BCUT2D eigenvalue weighted by Gasteiger charge is 2.35. The first-order valence-corrected chi connectivity index (χ1v) is 12.6. The van der Waals surface area contributed by atoms with Crippen molar-refractivity contribution in [3.8, 4) is 11.5 Å². The van der Waals surface area contributed by atoms with Gasteiger partial charge in [0, 0.05) is 25.6 Å². The minimum Gasteiger partial charge on any atom is -0.492 e. The van der Waals surface area contributed by atoms with Crippen molar-refractivity contribution in [2.24, 2.45) is 0 Å². The molecule has 0 saturated carbocycles. The lowest BCUT2D eigenvalue weighted by molar-refractivity contribution is -0.123. The van der Waals surface area contributed by atoms with Crippen LogP contribution in [0, 0.1) is 0 Å². The lowest BCUT2D eigenvalue weighted by atomic mass is 10.1. The van der Waals surface area contributed by atoms with E-state index in [9.17, 15) is 9.59 Å². The molecular formula is C25H18BrCl2NO4S. The molecule has 2 amide bonds. The molecule has 0 N–H and O–H groups in total. The van der Waals surface area contributed by atoms with E-state index in [0.717, 1.165) is 21.8 Å². The lowest BCUT2D eigenvalue weighted by Gasteiger charge is -2.13. The van der Waals surface area contributed by atoms with E-state index in [1.165, 1.54) is 4.90 Å². The summed E-state index contributed by atoms with van der Waals surface area (Å²) in [5.74, 6) is 0.869. The molecule has 1 aliphatic rings. The van der Waals surface area contributed by atoms with Crippen molar-refractivity contribution in [3.05, 3.63) is 97.3 Å². The zero-order valence-corrected chi connectivity index (χ0v) is 21.6. The minimum absolute atomic E-state index is 0.161. The van der Waals surface area contributed by atoms with Gasteiger partial charge < -0.3 is 9.47 Å². The fraction of sp³-hybridized carbons (Fsp3) is 0.120. The van der Waals surface area contributed by atoms with E-state index in [-0.39, 0.29) is 30.9 Å². The quantitative estimate of drug-likeness (QED) is 0.260. The van der Waals surface area contributed by atoms with E-state index in [0.29, 0.717) is 32.0 Å². The topological polar surface area (TPSA) is 55.8 Å².